The molecule has 0 fully saturated rings. The maximum absolute atomic E-state index is 10.5. The van der Waals surface area contributed by atoms with Crippen molar-refractivity contribution in [2.24, 2.45) is 0 Å². The molecule has 0 radical (unpaired) electrons. The van der Waals surface area contributed by atoms with Crippen LogP contribution in [0.5, 0.6) is 11.5 Å². The van der Waals surface area contributed by atoms with Crippen LogP contribution in [0.25, 0.3) is 0 Å². The summed E-state index contributed by atoms with van der Waals surface area (Å²) in [5, 5.41) is 10.5. The minimum Gasteiger partial charge on any atom is -0.486 e. The average molecular weight is 284 g/mol. The van der Waals surface area contributed by atoms with Crippen molar-refractivity contribution >= 4 is 0 Å². The van der Waals surface area contributed by atoms with E-state index in [0.29, 0.717) is 18.8 Å². The zero-order valence-corrected chi connectivity index (χ0v) is 12.4. The molecule has 110 valence electrons. The van der Waals surface area contributed by atoms with Crippen molar-refractivity contribution in [2.75, 3.05) is 6.61 Å². The number of fused-ring (bicyclic) bond motifs is 1. The molecule has 1 N–H and O–H groups in total. The molecule has 2 aromatic rings. The molecule has 2 aromatic carbocycles. The second kappa shape index (κ2) is 5.78. The third kappa shape index (κ3) is 3.03. The van der Waals surface area contributed by atoms with Crippen LogP contribution in [0.4, 0.5) is 0 Å². The van der Waals surface area contributed by atoms with Gasteiger partial charge in [0.05, 0.1) is 6.10 Å². The van der Waals surface area contributed by atoms with Crippen LogP contribution in [-0.2, 0) is 6.42 Å². The van der Waals surface area contributed by atoms with Crippen molar-refractivity contribution in [1.82, 2.24) is 0 Å². The normalized spacial score (nSPS) is 18.3. The Morgan fingerprint density at radius 2 is 1.90 bits per heavy atom. The summed E-state index contributed by atoms with van der Waals surface area (Å²) in [4.78, 5) is 0. The summed E-state index contributed by atoms with van der Waals surface area (Å²) in [6.45, 7) is 4.50. The highest BCUT2D eigenvalue weighted by molar-refractivity contribution is 5.41. The highest BCUT2D eigenvalue weighted by Gasteiger charge is 2.27. The smallest absolute Gasteiger partial charge is 0.161 e. The highest BCUT2D eigenvalue weighted by atomic mass is 16.6. The number of aryl methyl sites for hydroxylation is 2. The lowest BCUT2D eigenvalue weighted by molar-refractivity contribution is -0.00947. The van der Waals surface area contributed by atoms with E-state index in [1.807, 2.05) is 24.3 Å². The number of ether oxygens (including phenoxy) is 2. The predicted molar refractivity (Wildman–Crippen MR) is 82.0 cm³/mol. The largest absolute Gasteiger partial charge is 0.486 e. The molecular weight excluding hydrogens is 264 g/mol. The molecule has 0 aromatic heterocycles. The van der Waals surface area contributed by atoms with Gasteiger partial charge in [-0.25, -0.2) is 0 Å². The number of para-hydroxylation sites is 2. The lowest BCUT2D eigenvalue weighted by Crippen LogP contribution is -2.40. The SMILES string of the molecule is Cc1ccc(C)c(CC(O)C2COc3ccccc3O2)c1. The molecule has 3 heteroatoms. The van der Waals surface area contributed by atoms with Gasteiger partial charge in [-0.2, -0.15) is 0 Å². The molecule has 0 saturated heterocycles. The fourth-order valence-electron chi connectivity index (χ4n) is 2.60. The molecule has 0 saturated carbocycles. The van der Waals surface area contributed by atoms with Crippen molar-refractivity contribution in [3.63, 3.8) is 0 Å². The first kappa shape index (κ1) is 14.0. The molecule has 1 heterocycles. The Balaban J connectivity index is 1.72. The van der Waals surface area contributed by atoms with E-state index in [4.69, 9.17) is 9.47 Å². The lowest BCUT2D eigenvalue weighted by Gasteiger charge is -2.30. The van der Waals surface area contributed by atoms with Crippen LogP contribution < -0.4 is 9.47 Å². The van der Waals surface area contributed by atoms with Gasteiger partial charge in [0, 0.05) is 6.42 Å². The summed E-state index contributed by atoms with van der Waals surface area (Å²) >= 11 is 0. The predicted octanol–water partition coefficient (Wildman–Crippen LogP) is 3.05. The molecular formula is C18H20O3. The quantitative estimate of drug-likeness (QED) is 0.941. The standard InChI is InChI=1S/C18H20O3/c1-12-7-8-13(2)14(9-12)10-15(19)18-11-20-16-5-3-4-6-17(16)21-18/h3-9,15,18-19H,10-11H2,1-2H3. The summed E-state index contributed by atoms with van der Waals surface area (Å²) in [5.41, 5.74) is 3.55. The van der Waals surface area contributed by atoms with Crippen LogP contribution in [0.15, 0.2) is 42.5 Å². The summed E-state index contributed by atoms with van der Waals surface area (Å²) in [5.74, 6) is 1.45. The molecule has 2 atom stereocenters. The van der Waals surface area contributed by atoms with Crippen molar-refractivity contribution in [3.05, 3.63) is 59.2 Å². The number of hydrogen-bond acceptors (Lipinski definition) is 3. The van der Waals surface area contributed by atoms with Crippen LogP contribution >= 0.6 is 0 Å². The molecule has 1 aliphatic heterocycles. The van der Waals surface area contributed by atoms with Gasteiger partial charge in [0.1, 0.15) is 6.61 Å². The monoisotopic (exact) mass is 284 g/mol. The van der Waals surface area contributed by atoms with Crippen molar-refractivity contribution in [3.8, 4) is 11.5 Å². The molecule has 2 unspecified atom stereocenters. The molecule has 0 bridgehead atoms. The fourth-order valence-corrected chi connectivity index (χ4v) is 2.60. The first-order valence-electron chi connectivity index (χ1n) is 7.26. The zero-order chi connectivity index (χ0) is 14.8. The molecule has 21 heavy (non-hydrogen) atoms. The van der Waals surface area contributed by atoms with Gasteiger partial charge in [-0.05, 0) is 37.1 Å². The van der Waals surface area contributed by atoms with Gasteiger partial charge in [0.2, 0.25) is 0 Å². The van der Waals surface area contributed by atoms with Gasteiger partial charge in [-0.1, -0.05) is 35.9 Å². The molecule has 3 nitrogen and oxygen atoms in total. The summed E-state index contributed by atoms with van der Waals surface area (Å²) in [6, 6.07) is 13.9. The van der Waals surface area contributed by atoms with Crippen LogP contribution in [0.3, 0.4) is 0 Å². The van der Waals surface area contributed by atoms with E-state index >= 15 is 0 Å². The van der Waals surface area contributed by atoms with Crippen molar-refractivity contribution in [1.29, 1.82) is 0 Å². The van der Waals surface area contributed by atoms with Crippen LogP contribution in [0, 0.1) is 13.8 Å². The van der Waals surface area contributed by atoms with Crippen molar-refractivity contribution < 1.29 is 14.6 Å². The molecule has 3 rings (SSSR count). The molecule has 0 amide bonds. The fraction of sp³-hybridized carbons (Fsp3) is 0.333. The Morgan fingerprint density at radius 3 is 2.71 bits per heavy atom. The van der Waals surface area contributed by atoms with E-state index < -0.39 is 6.10 Å². The number of rotatable bonds is 3. The minimum absolute atomic E-state index is 0.334. The maximum atomic E-state index is 10.5. The third-order valence-corrected chi connectivity index (χ3v) is 3.89. The minimum atomic E-state index is -0.584. The van der Waals surface area contributed by atoms with E-state index in [1.54, 1.807) is 0 Å². The maximum Gasteiger partial charge on any atom is 0.161 e. The van der Waals surface area contributed by atoms with Crippen LogP contribution in [0.1, 0.15) is 16.7 Å². The Morgan fingerprint density at radius 1 is 1.14 bits per heavy atom. The number of aliphatic hydroxyl groups excluding tert-OH is 1. The number of benzene rings is 2. The number of hydrogen-bond donors (Lipinski definition) is 1. The van der Waals surface area contributed by atoms with Gasteiger partial charge < -0.3 is 14.6 Å². The Labute approximate surface area is 125 Å². The van der Waals surface area contributed by atoms with Crippen LogP contribution in [-0.4, -0.2) is 23.9 Å². The molecule has 1 aliphatic rings. The van der Waals surface area contributed by atoms with Gasteiger partial charge in [0.15, 0.2) is 17.6 Å². The third-order valence-electron chi connectivity index (χ3n) is 3.89. The Hall–Kier alpha value is -2.00. The summed E-state index contributed by atoms with van der Waals surface area (Å²) in [7, 11) is 0. The van der Waals surface area contributed by atoms with Crippen molar-refractivity contribution in [2.45, 2.75) is 32.5 Å². The average Bonchev–Trinajstić information content (AvgIpc) is 2.50. The zero-order valence-electron chi connectivity index (χ0n) is 12.4. The van der Waals surface area contributed by atoms with E-state index in [0.717, 1.165) is 11.3 Å². The Kier molecular flexibility index (Phi) is 3.84. The van der Waals surface area contributed by atoms with E-state index in [1.165, 1.54) is 11.1 Å². The van der Waals surface area contributed by atoms with Crippen LogP contribution in [0.2, 0.25) is 0 Å². The van der Waals surface area contributed by atoms with Gasteiger partial charge in [-0.3, -0.25) is 0 Å². The van der Waals surface area contributed by atoms with E-state index in [2.05, 4.69) is 32.0 Å². The molecule has 0 spiro atoms. The first-order valence-corrected chi connectivity index (χ1v) is 7.26. The van der Waals surface area contributed by atoms with Gasteiger partial charge in [0.25, 0.3) is 0 Å². The first-order chi connectivity index (χ1) is 10.1. The summed E-state index contributed by atoms with van der Waals surface area (Å²) in [6.07, 6.45) is -0.345. The van der Waals surface area contributed by atoms with Gasteiger partial charge >= 0.3 is 0 Å². The number of aliphatic hydroxyl groups is 1. The summed E-state index contributed by atoms with van der Waals surface area (Å²) < 4.78 is 11.5. The Bertz CT molecular complexity index is 636. The van der Waals surface area contributed by atoms with Gasteiger partial charge in [-0.15, -0.1) is 0 Å². The second-order valence-corrected chi connectivity index (χ2v) is 5.62. The topological polar surface area (TPSA) is 38.7 Å². The lowest BCUT2D eigenvalue weighted by atomic mass is 9.98. The second-order valence-electron chi connectivity index (χ2n) is 5.62. The molecule has 0 aliphatic carbocycles. The van der Waals surface area contributed by atoms with E-state index in [-0.39, 0.29) is 6.10 Å². The van der Waals surface area contributed by atoms with E-state index in [9.17, 15) is 5.11 Å². The highest BCUT2D eigenvalue weighted by Crippen LogP contribution is 2.32.